The number of hydrogen-bond donors (Lipinski definition) is 1. The highest BCUT2D eigenvalue weighted by atomic mass is 16.1. The van der Waals surface area contributed by atoms with E-state index in [2.05, 4.69) is 15.1 Å². The van der Waals surface area contributed by atoms with Gasteiger partial charge in [-0.2, -0.15) is 5.10 Å². The van der Waals surface area contributed by atoms with Gasteiger partial charge in [0.2, 0.25) is 0 Å². The van der Waals surface area contributed by atoms with E-state index in [4.69, 9.17) is 0 Å². The van der Waals surface area contributed by atoms with Crippen molar-refractivity contribution in [1.29, 1.82) is 0 Å². The van der Waals surface area contributed by atoms with Crippen LogP contribution in [0, 0.1) is 13.8 Å². The maximum Gasteiger partial charge on any atom is 0.251 e. The standard InChI is InChI=1S/C12H16N4O/c1-5-9-6-10(17)14-12(13-9)11-7(2)15-16(4)8(11)3/h6H,5H2,1-4H3,(H,13,14,17). The number of nitrogens with zero attached hydrogens (tertiary/aromatic N) is 3. The second kappa shape index (κ2) is 4.16. The van der Waals surface area contributed by atoms with Crippen molar-refractivity contribution < 1.29 is 0 Å². The highest BCUT2D eigenvalue weighted by Crippen LogP contribution is 2.22. The Kier molecular flexibility index (Phi) is 2.83. The molecule has 0 saturated heterocycles. The summed E-state index contributed by atoms with van der Waals surface area (Å²) in [5.74, 6) is 0.609. The lowest BCUT2D eigenvalue weighted by Crippen LogP contribution is -2.10. The van der Waals surface area contributed by atoms with Gasteiger partial charge in [-0.1, -0.05) is 6.92 Å². The summed E-state index contributed by atoms with van der Waals surface area (Å²) < 4.78 is 1.79. The SMILES string of the molecule is CCc1cc(=O)[nH]c(-c2c(C)nn(C)c2C)n1. The Morgan fingerprint density at radius 3 is 2.65 bits per heavy atom. The van der Waals surface area contributed by atoms with Crippen molar-refractivity contribution in [3.63, 3.8) is 0 Å². The summed E-state index contributed by atoms with van der Waals surface area (Å²) in [6.45, 7) is 5.86. The molecule has 17 heavy (non-hydrogen) atoms. The Morgan fingerprint density at radius 2 is 2.12 bits per heavy atom. The van der Waals surface area contributed by atoms with Gasteiger partial charge < -0.3 is 4.98 Å². The lowest BCUT2D eigenvalue weighted by molar-refractivity contribution is 0.731. The smallest absolute Gasteiger partial charge is 0.251 e. The molecule has 5 nitrogen and oxygen atoms in total. The fourth-order valence-corrected chi connectivity index (χ4v) is 1.92. The van der Waals surface area contributed by atoms with Gasteiger partial charge in [0.1, 0.15) is 5.82 Å². The van der Waals surface area contributed by atoms with Crippen LogP contribution < -0.4 is 5.56 Å². The van der Waals surface area contributed by atoms with Gasteiger partial charge in [-0.25, -0.2) is 4.98 Å². The molecule has 0 spiro atoms. The summed E-state index contributed by atoms with van der Waals surface area (Å²) in [4.78, 5) is 18.8. The van der Waals surface area contributed by atoms with Gasteiger partial charge in [0, 0.05) is 24.5 Å². The zero-order chi connectivity index (χ0) is 12.6. The number of aromatic nitrogens is 4. The number of hydrogen-bond acceptors (Lipinski definition) is 3. The second-order valence-corrected chi connectivity index (χ2v) is 4.11. The number of aryl methyl sites for hydroxylation is 3. The summed E-state index contributed by atoms with van der Waals surface area (Å²) in [6, 6.07) is 1.53. The highest BCUT2D eigenvalue weighted by Gasteiger charge is 2.14. The topological polar surface area (TPSA) is 63.6 Å². The van der Waals surface area contributed by atoms with Crippen LogP contribution in [0.3, 0.4) is 0 Å². The highest BCUT2D eigenvalue weighted by molar-refractivity contribution is 5.61. The van der Waals surface area contributed by atoms with Crippen LogP contribution in [-0.2, 0) is 13.5 Å². The van der Waals surface area contributed by atoms with E-state index in [1.165, 1.54) is 6.07 Å². The summed E-state index contributed by atoms with van der Waals surface area (Å²) >= 11 is 0. The molecular weight excluding hydrogens is 216 g/mol. The summed E-state index contributed by atoms with van der Waals surface area (Å²) in [5, 5.41) is 4.33. The maximum absolute atomic E-state index is 11.5. The van der Waals surface area contributed by atoms with Crippen LogP contribution in [0.15, 0.2) is 10.9 Å². The van der Waals surface area contributed by atoms with Crippen LogP contribution in [0.2, 0.25) is 0 Å². The summed E-state index contributed by atoms with van der Waals surface area (Å²) in [5.41, 5.74) is 3.47. The zero-order valence-electron chi connectivity index (χ0n) is 10.5. The quantitative estimate of drug-likeness (QED) is 0.850. The molecule has 2 aromatic rings. The van der Waals surface area contributed by atoms with Crippen molar-refractivity contribution in [1.82, 2.24) is 19.7 Å². The molecule has 0 radical (unpaired) electrons. The molecular formula is C12H16N4O. The van der Waals surface area contributed by atoms with Gasteiger partial charge in [0.05, 0.1) is 11.3 Å². The fourth-order valence-electron chi connectivity index (χ4n) is 1.92. The summed E-state index contributed by atoms with van der Waals surface area (Å²) in [7, 11) is 1.88. The minimum absolute atomic E-state index is 0.116. The van der Waals surface area contributed by atoms with Crippen molar-refractivity contribution >= 4 is 0 Å². The van der Waals surface area contributed by atoms with Gasteiger partial charge in [-0.15, -0.1) is 0 Å². The minimum atomic E-state index is -0.116. The van der Waals surface area contributed by atoms with E-state index in [9.17, 15) is 4.79 Å². The van der Waals surface area contributed by atoms with Gasteiger partial charge in [0.25, 0.3) is 5.56 Å². The Balaban J connectivity index is 2.68. The van der Waals surface area contributed by atoms with E-state index in [1.807, 2.05) is 27.8 Å². The Bertz CT molecular complexity index is 609. The van der Waals surface area contributed by atoms with E-state index < -0.39 is 0 Å². The van der Waals surface area contributed by atoms with E-state index in [0.29, 0.717) is 5.82 Å². The molecule has 5 heteroatoms. The molecule has 0 amide bonds. The first-order chi connectivity index (χ1) is 8.02. The predicted molar refractivity (Wildman–Crippen MR) is 65.9 cm³/mol. The minimum Gasteiger partial charge on any atom is -0.306 e. The van der Waals surface area contributed by atoms with Crippen LogP contribution >= 0.6 is 0 Å². The van der Waals surface area contributed by atoms with Crippen LogP contribution in [-0.4, -0.2) is 19.7 Å². The van der Waals surface area contributed by atoms with Crippen LogP contribution in [0.25, 0.3) is 11.4 Å². The van der Waals surface area contributed by atoms with E-state index in [-0.39, 0.29) is 5.56 Å². The molecule has 0 unspecified atom stereocenters. The zero-order valence-corrected chi connectivity index (χ0v) is 10.5. The molecule has 0 atom stereocenters. The molecule has 2 rings (SSSR count). The largest absolute Gasteiger partial charge is 0.306 e. The molecule has 0 saturated carbocycles. The fraction of sp³-hybridized carbons (Fsp3) is 0.417. The maximum atomic E-state index is 11.5. The van der Waals surface area contributed by atoms with Crippen molar-refractivity contribution in [2.45, 2.75) is 27.2 Å². The van der Waals surface area contributed by atoms with Crippen LogP contribution in [0.1, 0.15) is 24.0 Å². The third-order valence-electron chi connectivity index (χ3n) is 2.90. The second-order valence-electron chi connectivity index (χ2n) is 4.11. The molecule has 0 fully saturated rings. The predicted octanol–water partition coefficient (Wildman–Crippen LogP) is 1.35. The first kappa shape index (κ1) is 11.6. The molecule has 0 aliphatic rings. The number of nitrogens with one attached hydrogen (secondary N) is 1. The molecule has 0 aliphatic carbocycles. The Labute approximate surface area is 99.5 Å². The first-order valence-electron chi connectivity index (χ1n) is 5.63. The monoisotopic (exact) mass is 232 g/mol. The molecule has 0 bridgehead atoms. The van der Waals surface area contributed by atoms with Gasteiger partial charge in [-0.3, -0.25) is 9.48 Å². The van der Waals surface area contributed by atoms with E-state index in [1.54, 1.807) is 4.68 Å². The molecule has 90 valence electrons. The van der Waals surface area contributed by atoms with Crippen molar-refractivity contribution in [2.75, 3.05) is 0 Å². The average Bonchev–Trinajstić information content (AvgIpc) is 2.52. The van der Waals surface area contributed by atoms with Crippen molar-refractivity contribution in [2.24, 2.45) is 7.05 Å². The lowest BCUT2D eigenvalue weighted by atomic mass is 10.2. The van der Waals surface area contributed by atoms with Crippen molar-refractivity contribution in [3.05, 3.63) is 33.5 Å². The first-order valence-corrected chi connectivity index (χ1v) is 5.63. The lowest BCUT2D eigenvalue weighted by Gasteiger charge is -2.03. The molecule has 0 aliphatic heterocycles. The Morgan fingerprint density at radius 1 is 1.41 bits per heavy atom. The van der Waals surface area contributed by atoms with E-state index >= 15 is 0 Å². The van der Waals surface area contributed by atoms with Gasteiger partial charge in [0.15, 0.2) is 0 Å². The molecule has 1 N–H and O–H groups in total. The van der Waals surface area contributed by atoms with Crippen LogP contribution in [0.4, 0.5) is 0 Å². The average molecular weight is 232 g/mol. The van der Waals surface area contributed by atoms with Crippen LogP contribution in [0.5, 0.6) is 0 Å². The Hall–Kier alpha value is -1.91. The molecule has 2 aromatic heterocycles. The van der Waals surface area contributed by atoms with Gasteiger partial charge in [-0.05, 0) is 20.3 Å². The number of aromatic amines is 1. The van der Waals surface area contributed by atoms with E-state index in [0.717, 1.165) is 29.1 Å². The van der Waals surface area contributed by atoms with Crippen molar-refractivity contribution in [3.8, 4) is 11.4 Å². The molecule has 2 heterocycles. The van der Waals surface area contributed by atoms with Gasteiger partial charge >= 0.3 is 0 Å². The third kappa shape index (κ3) is 2.00. The molecule has 0 aromatic carbocycles. The normalized spacial score (nSPS) is 10.8. The third-order valence-corrected chi connectivity index (χ3v) is 2.90. The number of rotatable bonds is 2. The summed E-state index contributed by atoms with van der Waals surface area (Å²) in [6.07, 6.45) is 0.745. The number of H-pyrrole nitrogens is 1.